The van der Waals surface area contributed by atoms with Crippen molar-refractivity contribution in [2.75, 3.05) is 20.2 Å². The molecule has 0 amide bonds. The molecule has 6 rings (SSSR count). The van der Waals surface area contributed by atoms with Crippen LogP contribution < -0.4 is 10.1 Å². The summed E-state index contributed by atoms with van der Waals surface area (Å²) in [4.78, 5) is 5.40. The predicted octanol–water partition coefficient (Wildman–Crippen LogP) is 9.45. The van der Waals surface area contributed by atoms with E-state index in [1.807, 2.05) is 55.5 Å². The van der Waals surface area contributed by atoms with Crippen molar-refractivity contribution in [2.45, 2.75) is 109 Å². The minimum atomic E-state index is -2.68. The van der Waals surface area contributed by atoms with E-state index >= 15 is 4.39 Å². The third kappa shape index (κ3) is 7.10. The Morgan fingerprint density at radius 2 is 1.58 bits per heavy atom. The molecule has 2 fully saturated rings. The zero-order chi connectivity index (χ0) is 31.8. The molecule has 0 radical (unpaired) electrons. The van der Waals surface area contributed by atoms with Crippen LogP contribution in [-0.2, 0) is 17.8 Å². The third-order valence-electron chi connectivity index (χ3n) is 10.2. The number of benzene rings is 2. The number of aromatic nitrogens is 1. The average molecular weight is 621 g/mol. The number of methoxy groups -OCH3 is 1. The van der Waals surface area contributed by atoms with Crippen molar-refractivity contribution in [3.63, 3.8) is 0 Å². The molecule has 1 aliphatic heterocycles. The molecule has 2 aromatic carbocycles. The number of pyridine rings is 1. The molecule has 242 valence electrons. The summed E-state index contributed by atoms with van der Waals surface area (Å²) >= 11 is 0. The van der Waals surface area contributed by atoms with E-state index in [1.165, 1.54) is 0 Å². The van der Waals surface area contributed by atoms with Gasteiger partial charge in [0.05, 0.1) is 25.5 Å². The van der Waals surface area contributed by atoms with E-state index in [4.69, 9.17) is 14.5 Å². The SMILES string of the molecule is COc1ccc(COC2CC(C)(C)Cc3nc(C4CCNCC4)c(C(F)c4ccc(C)cc4)c(C4CCC(F)(F)CC4)c32)cc1. The highest BCUT2D eigenvalue weighted by molar-refractivity contribution is 5.51. The molecule has 2 atom stereocenters. The first kappa shape index (κ1) is 32.1. The van der Waals surface area contributed by atoms with Crippen LogP contribution in [0.3, 0.4) is 0 Å². The summed E-state index contributed by atoms with van der Waals surface area (Å²) in [6.45, 7) is 8.57. The normalized spacial score (nSPS) is 22.5. The van der Waals surface area contributed by atoms with E-state index in [0.717, 1.165) is 78.2 Å². The van der Waals surface area contributed by atoms with Crippen molar-refractivity contribution in [1.82, 2.24) is 10.3 Å². The molecule has 0 bridgehead atoms. The fraction of sp³-hybridized carbons (Fsp3) is 0.553. The van der Waals surface area contributed by atoms with Crippen LogP contribution in [0.5, 0.6) is 5.75 Å². The van der Waals surface area contributed by atoms with E-state index in [-0.39, 0.29) is 36.2 Å². The number of hydrogen-bond acceptors (Lipinski definition) is 4. The fourth-order valence-corrected chi connectivity index (χ4v) is 7.73. The number of rotatable bonds is 8. The topological polar surface area (TPSA) is 43.4 Å². The first-order chi connectivity index (χ1) is 21.5. The molecule has 1 saturated carbocycles. The highest BCUT2D eigenvalue weighted by Crippen LogP contribution is 2.53. The standard InChI is InChI=1S/C38H47F3N2O2/c1-24-5-9-27(10-6-24)35(39)34-32(26-13-17-38(40,41)18-14-26)33-30(43-36(34)28-15-19-42-20-16-28)21-37(2,3)22-31(33)45-23-25-7-11-29(44-4)12-8-25/h5-12,26,28,31,35,42H,13-23H2,1-4H3. The minimum Gasteiger partial charge on any atom is -0.497 e. The third-order valence-corrected chi connectivity index (χ3v) is 10.2. The summed E-state index contributed by atoms with van der Waals surface area (Å²) in [5.41, 5.74) is 6.88. The van der Waals surface area contributed by atoms with Gasteiger partial charge in [0.15, 0.2) is 6.17 Å². The lowest BCUT2D eigenvalue weighted by Gasteiger charge is -2.42. The average Bonchev–Trinajstić information content (AvgIpc) is 3.03. The van der Waals surface area contributed by atoms with Gasteiger partial charge in [0.2, 0.25) is 5.92 Å². The Morgan fingerprint density at radius 3 is 2.22 bits per heavy atom. The molecule has 45 heavy (non-hydrogen) atoms. The number of halogens is 3. The van der Waals surface area contributed by atoms with Crippen LogP contribution in [-0.4, -0.2) is 31.1 Å². The zero-order valence-corrected chi connectivity index (χ0v) is 27.1. The maximum atomic E-state index is 17.3. The molecule has 2 heterocycles. The van der Waals surface area contributed by atoms with Gasteiger partial charge in [0.25, 0.3) is 0 Å². The lowest BCUT2D eigenvalue weighted by atomic mass is 9.68. The quantitative estimate of drug-likeness (QED) is 0.273. The van der Waals surface area contributed by atoms with E-state index in [9.17, 15) is 8.78 Å². The Hall–Kier alpha value is -2.90. The van der Waals surface area contributed by atoms with Gasteiger partial charge in [-0.2, -0.15) is 0 Å². The highest BCUT2D eigenvalue weighted by Gasteiger charge is 2.44. The Balaban J connectivity index is 1.52. The van der Waals surface area contributed by atoms with Crippen molar-refractivity contribution < 1.29 is 22.6 Å². The molecule has 4 nitrogen and oxygen atoms in total. The van der Waals surface area contributed by atoms with Crippen LogP contribution >= 0.6 is 0 Å². The van der Waals surface area contributed by atoms with Gasteiger partial charge in [0.1, 0.15) is 5.75 Å². The molecule has 1 aromatic heterocycles. The minimum absolute atomic E-state index is 0.0829. The van der Waals surface area contributed by atoms with Gasteiger partial charge in [0, 0.05) is 35.6 Å². The second-order valence-corrected chi connectivity index (χ2v) is 14.3. The van der Waals surface area contributed by atoms with Gasteiger partial charge in [-0.3, -0.25) is 4.98 Å². The van der Waals surface area contributed by atoms with Crippen LogP contribution in [0.25, 0.3) is 0 Å². The Bertz CT molecular complexity index is 1460. The van der Waals surface area contributed by atoms with Gasteiger partial charge in [-0.25, -0.2) is 13.2 Å². The zero-order valence-electron chi connectivity index (χ0n) is 27.1. The van der Waals surface area contributed by atoms with Gasteiger partial charge in [-0.15, -0.1) is 0 Å². The summed E-state index contributed by atoms with van der Waals surface area (Å²) in [5, 5.41) is 3.45. The first-order valence-corrected chi connectivity index (χ1v) is 16.6. The molecular formula is C38H47F3N2O2. The molecule has 1 N–H and O–H groups in total. The van der Waals surface area contributed by atoms with Crippen LogP contribution in [0.15, 0.2) is 48.5 Å². The Morgan fingerprint density at radius 1 is 0.911 bits per heavy atom. The molecule has 2 unspecified atom stereocenters. The van der Waals surface area contributed by atoms with Gasteiger partial charge in [-0.1, -0.05) is 55.8 Å². The van der Waals surface area contributed by atoms with Crippen LogP contribution in [0, 0.1) is 12.3 Å². The second kappa shape index (κ2) is 13.1. The molecule has 3 aromatic rings. The Kier molecular flexibility index (Phi) is 9.31. The number of alkyl halides is 3. The smallest absolute Gasteiger partial charge is 0.248 e. The van der Waals surface area contributed by atoms with Crippen LogP contribution in [0.1, 0.15) is 128 Å². The monoisotopic (exact) mass is 620 g/mol. The molecule has 1 saturated heterocycles. The number of hydrogen-bond donors (Lipinski definition) is 1. The predicted molar refractivity (Wildman–Crippen MR) is 172 cm³/mol. The summed E-state index contributed by atoms with van der Waals surface area (Å²) < 4.78 is 58.5. The first-order valence-electron chi connectivity index (χ1n) is 16.6. The van der Waals surface area contributed by atoms with Crippen LogP contribution in [0.2, 0.25) is 0 Å². The number of nitrogens with zero attached hydrogens (tertiary/aromatic N) is 1. The summed E-state index contributed by atoms with van der Waals surface area (Å²) in [7, 11) is 1.65. The summed E-state index contributed by atoms with van der Waals surface area (Å²) in [6.07, 6.45) is 1.84. The fourth-order valence-electron chi connectivity index (χ4n) is 7.73. The molecule has 3 aliphatic rings. The van der Waals surface area contributed by atoms with Crippen molar-refractivity contribution in [2.24, 2.45) is 5.41 Å². The molecule has 2 aliphatic carbocycles. The molecular weight excluding hydrogens is 573 g/mol. The van der Waals surface area contributed by atoms with Gasteiger partial charge < -0.3 is 14.8 Å². The lowest BCUT2D eigenvalue weighted by Crippen LogP contribution is -2.34. The summed E-state index contributed by atoms with van der Waals surface area (Å²) in [5.74, 6) is -1.96. The van der Waals surface area contributed by atoms with Crippen molar-refractivity contribution >= 4 is 0 Å². The molecule has 7 heteroatoms. The summed E-state index contributed by atoms with van der Waals surface area (Å²) in [6, 6.07) is 15.5. The number of fused-ring (bicyclic) bond motifs is 1. The van der Waals surface area contributed by atoms with Crippen molar-refractivity contribution in [1.29, 1.82) is 0 Å². The van der Waals surface area contributed by atoms with E-state index < -0.39 is 12.1 Å². The largest absolute Gasteiger partial charge is 0.497 e. The number of nitrogens with one attached hydrogen (secondary N) is 1. The van der Waals surface area contributed by atoms with Crippen molar-refractivity contribution in [3.8, 4) is 5.75 Å². The van der Waals surface area contributed by atoms with Gasteiger partial charge >= 0.3 is 0 Å². The van der Waals surface area contributed by atoms with E-state index in [2.05, 4.69) is 19.2 Å². The number of aryl methyl sites for hydroxylation is 1. The van der Waals surface area contributed by atoms with Gasteiger partial charge in [-0.05, 0) is 98.7 Å². The highest BCUT2D eigenvalue weighted by atomic mass is 19.3. The number of piperidine rings is 1. The lowest BCUT2D eigenvalue weighted by molar-refractivity contribution is -0.0390. The maximum Gasteiger partial charge on any atom is 0.248 e. The molecule has 0 spiro atoms. The van der Waals surface area contributed by atoms with E-state index in [0.29, 0.717) is 30.6 Å². The van der Waals surface area contributed by atoms with E-state index in [1.54, 1.807) is 7.11 Å². The number of ether oxygens (including phenoxy) is 2. The van der Waals surface area contributed by atoms with Crippen LogP contribution in [0.4, 0.5) is 13.2 Å². The maximum absolute atomic E-state index is 17.3. The van der Waals surface area contributed by atoms with Crippen molar-refractivity contribution in [3.05, 3.63) is 93.3 Å². The Labute approximate surface area is 266 Å². The second-order valence-electron chi connectivity index (χ2n) is 14.3.